The second-order valence-electron chi connectivity index (χ2n) is 3.39. The van der Waals surface area contributed by atoms with E-state index in [9.17, 15) is 0 Å². The molecule has 2 heteroatoms. The van der Waals surface area contributed by atoms with Crippen LogP contribution in [0.1, 0.15) is 19.3 Å². The Morgan fingerprint density at radius 2 is 2.36 bits per heavy atom. The molecule has 0 amide bonds. The van der Waals surface area contributed by atoms with E-state index >= 15 is 0 Å². The van der Waals surface area contributed by atoms with Gasteiger partial charge in [0.2, 0.25) is 0 Å². The van der Waals surface area contributed by atoms with Gasteiger partial charge in [0.1, 0.15) is 0 Å². The van der Waals surface area contributed by atoms with Crippen LogP contribution in [0, 0.1) is 0 Å². The van der Waals surface area contributed by atoms with Gasteiger partial charge < -0.3 is 10.6 Å². The molecule has 0 aromatic carbocycles. The van der Waals surface area contributed by atoms with Crippen LogP contribution in [-0.2, 0) is 0 Å². The topological polar surface area (TPSA) is 24.1 Å². The van der Waals surface area contributed by atoms with Crippen LogP contribution >= 0.6 is 0 Å². The Bertz CT molecular complexity index is 163. The summed E-state index contributed by atoms with van der Waals surface area (Å²) < 4.78 is 0. The molecule has 2 rings (SSSR count). The summed E-state index contributed by atoms with van der Waals surface area (Å²) in [6, 6.07) is 0.693. The summed E-state index contributed by atoms with van der Waals surface area (Å²) in [7, 11) is 0. The largest absolute Gasteiger partial charge is 0.313 e. The maximum absolute atomic E-state index is 3.55. The SMILES string of the molecule is C1=C2CNCCCC2NCC1. The molecule has 62 valence electrons. The van der Waals surface area contributed by atoms with Crippen LogP contribution in [0.2, 0.25) is 0 Å². The van der Waals surface area contributed by atoms with Gasteiger partial charge in [0.15, 0.2) is 0 Å². The second kappa shape index (κ2) is 3.37. The highest BCUT2D eigenvalue weighted by atomic mass is 15.0. The normalized spacial score (nSPS) is 32.0. The van der Waals surface area contributed by atoms with E-state index < -0.39 is 0 Å². The van der Waals surface area contributed by atoms with Gasteiger partial charge in [-0.15, -0.1) is 0 Å². The predicted molar refractivity (Wildman–Crippen MR) is 46.6 cm³/mol. The molecule has 2 aliphatic heterocycles. The standard InChI is InChI=1S/C9H16N2/c1-3-8-7-10-5-2-4-9(8)11-6-1/h3,9-11H,1-2,4-7H2. The van der Waals surface area contributed by atoms with Crippen molar-refractivity contribution in [2.24, 2.45) is 0 Å². The molecule has 2 aliphatic rings. The fraction of sp³-hybridized carbons (Fsp3) is 0.778. The molecule has 0 aromatic rings. The summed E-state index contributed by atoms with van der Waals surface area (Å²) in [6.07, 6.45) is 6.25. The third kappa shape index (κ3) is 1.63. The summed E-state index contributed by atoms with van der Waals surface area (Å²) in [5.74, 6) is 0. The summed E-state index contributed by atoms with van der Waals surface area (Å²) in [5.41, 5.74) is 1.59. The molecule has 2 nitrogen and oxygen atoms in total. The van der Waals surface area contributed by atoms with Crippen molar-refractivity contribution in [2.45, 2.75) is 25.3 Å². The summed E-state index contributed by atoms with van der Waals surface area (Å²) in [6.45, 7) is 3.47. The smallest absolute Gasteiger partial charge is 0.0292 e. The molecule has 0 saturated carbocycles. The monoisotopic (exact) mass is 152 g/mol. The molecule has 0 spiro atoms. The highest BCUT2D eigenvalue weighted by Crippen LogP contribution is 2.15. The van der Waals surface area contributed by atoms with Crippen molar-refractivity contribution in [3.8, 4) is 0 Å². The fourth-order valence-corrected chi connectivity index (χ4v) is 1.94. The van der Waals surface area contributed by atoms with Gasteiger partial charge in [0, 0.05) is 12.6 Å². The highest BCUT2D eigenvalue weighted by Gasteiger charge is 2.18. The Kier molecular flexibility index (Phi) is 2.24. The highest BCUT2D eigenvalue weighted by molar-refractivity contribution is 5.16. The minimum atomic E-state index is 0.693. The summed E-state index contributed by atoms with van der Waals surface area (Å²) in [5, 5.41) is 6.99. The van der Waals surface area contributed by atoms with Crippen molar-refractivity contribution < 1.29 is 0 Å². The number of rotatable bonds is 0. The van der Waals surface area contributed by atoms with Gasteiger partial charge in [-0.25, -0.2) is 0 Å². The molecule has 11 heavy (non-hydrogen) atoms. The van der Waals surface area contributed by atoms with Crippen LogP contribution in [0.4, 0.5) is 0 Å². The molecule has 1 atom stereocenters. The zero-order chi connectivity index (χ0) is 7.52. The van der Waals surface area contributed by atoms with Crippen molar-refractivity contribution in [2.75, 3.05) is 19.6 Å². The van der Waals surface area contributed by atoms with E-state index in [-0.39, 0.29) is 0 Å². The zero-order valence-electron chi connectivity index (χ0n) is 6.90. The average molecular weight is 152 g/mol. The Morgan fingerprint density at radius 1 is 1.36 bits per heavy atom. The third-order valence-corrected chi connectivity index (χ3v) is 2.56. The molecular formula is C9H16N2. The first-order chi connectivity index (χ1) is 5.47. The van der Waals surface area contributed by atoms with Gasteiger partial charge in [-0.2, -0.15) is 0 Å². The first-order valence-electron chi connectivity index (χ1n) is 4.60. The Morgan fingerprint density at radius 3 is 3.36 bits per heavy atom. The van der Waals surface area contributed by atoms with E-state index in [1.54, 1.807) is 5.57 Å². The minimum absolute atomic E-state index is 0.693. The second-order valence-corrected chi connectivity index (χ2v) is 3.39. The first-order valence-corrected chi connectivity index (χ1v) is 4.60. The lowest BCUT2D eigenvalue weighted by Crippen LogP contribution is -2.36. The van der Waals surface area contributed by atoms with E-state index in [1.807, 2.05) is 0 Å². The van der Waals surface area contributed by atoms with E-state index in [0.29, 0.717) is 6.04 Å². The minimum Gasteiger partial charge on any atom is -0.313 e. The molecule has 0 radical (unpaired) electrons. The molecule has 0 bridgehead atoms. The number of hydrogen-bond acceptors (Lipinski definition) is 2. The van der Waals surface area contributed by atoms with Gasteiger partial charge in [0.25, 0.3) is 0 Å². The van der Waals surface area contributed by atoms with Gasteiger partial charge in [-0.05, 0) is 37.9 Å². The maximum Gasteiger partial charge on any atom is 0.0292 e. The van der Waals surface area contributed by atoms with Crippen LogP contribution in [0.3, 0.4) is 0 Å². The van der Waals surface area contributed by atoms with Gasteiger partial charge >= 0.3 is 0 Å². The van der Waals surface area contributed by atoms with Gasteiger partial charge in [-0.1, -0.05) is 6.08 Å². The number of hydrogen-bond donors (Lipinski definition) is 2. The quantitative estimate of drug-likeness (QED) is 0.498. The lowest BCUT2D eigenvalue weighted by Gasteiger charge is -2.23. The zero-order valence-corrected chi connectivity index (χ0v) is 6.90. The van der Waals surface area contributed by atoms with Crippen molar-refractivity contribution in [1.29, 1.82) is 0 Å². The lowest BCUT2D eigenvalue weighted by molar-refractivity contribution is 0.519. The predicted octanol–water partition coefficient (Wildman–Crippen LogP) is 0.658. The van der Waals surface area contributed by atoms with Crippen molar-refractivity contribution in [1.82, 2.24) is 10.6 Å². The van der Waals surface area contributed by atoms with Gasteiger partial charge in [0.05, 0.1) is 0 Å². The average Bonchev–Trinajstić information content (AvgIpc) is 2.28. The molecule has 1 saturated heterocycles. The summed E-state index contributed by atoms with van der Waals surface area (Å²) in [4.78, 5) is 0. The van der Waals surface area contributed by atoms with Crippen LogP contribution in [0.25, 0.3) is 0 Å². The Labute approximate surface area is 68.1 Å². The first kappa shape index (κ1) is 7.32. The van der Waals surface area contributed by atoms with Crippen molar-refractivity contribution >= 4 is 0 Å². The molecule has 0 aliphatic carbocycles. The molecule has 0 aromatic heterocycles. The molecule has 1 fully saturated rings. The number of fused-ring (bicyclic) bond motifs is 1. The fourth-order valence-electron chi connectivity index (χ4n) is 1.94. The Balaban J connectivity index is 2.07. The Hall–Kier alpha value is -0.340. The van der Waals surface area contributed by atoms with Crippen LogP contribution < -0.4 is 10.6 Å². The molecule has 2 heterocycles. The van der Waals surface area contributed by atoms with E-state index in [1.165, 1.54) is 32.4 Å². The summed E-state index contributed by atoms with van der Waals surface area (Å²) >= 11 is 0. The number of nitrogens with one attached hydrogen (secondary N) is 2. The van der Waals surface area contributed by atoms with E-state index in [4.69, 9.17) is 0 Å². The molecular weight excluding hydrogens is 136 g/mol. The van der Waals surface area contributed by atoms with Crippen LogP contribution in [0.5, 0.6) is 0 Å². The van der Waals surface area contributed by atoms with E-state index in [0.717, 1.165) is 6.54 Å². The van der Waals surface area contributed by atoms with Crippen LogP contribution in [-0.4, -0.2) is 25.7 Å². The van der Waals surface area contributed by atoms with Crippen molar-refractivity contribution in [3.63, 3.8) is 0 Å². The maximum atomic E-state index is 3.55. The lowest BCUT2D eigenvalue weighted by atomic mass is 9.99. The van der Waals surface area contributed by atoms with Gasteiger partial charge in [-0.3, -0.25) is 0 Å². The van der Waals surface area contributed by atoms with Crippen molar-refractivity contribution in [3.05, 3.63) is 11.6 Å². The third-order valence-electron chi connectivity index (χ3n) is 2.56. The molecule has 1 unspecified atom stereocenters. The molecule has 2 N–H and O–H groups in total. The van der Waals surface area contributed by atoms with E-state index in [2.05, 4.69) is 16.7 Å². The van der Waals surface area contributed by atoms with Crippen LogP contribution in [0.15, 0.2) is 11.6 Å².